The van der Waals surface area contributed by atoms with Crippen LogP contribution in [0.3, 0.4) is 0 Å². The Morgan fingerprint density at radius 1 is 1.06 bits per heavy atom. The Morgan fingerprint density at radius 2 is 1.67 bits per heavy atom. The molecule has 8 heteroatoms. The van der Waals surface area contributed by atoms with Crippen LogP contribution in [0.2, 0.25) is 0 Å². The molecule has 3 aromatic rings. The van der Waals surface area contributed by atoms with E-state index < -0.39 is 24.0 Å². The van der Waals surface area contributed by atoms with E-state index in [1.165, 1.54) is 10.7 Å². The summed E-state index contributed by atoms with van der Waals surface area (Å²) >= 11 is 0. The molecule has 0 aliphatic rings. The summed E-state index contributed by atoms with van der Waals surface area (Å²) in [6, 6.07) is 18.9. The lowest BCUT2D eigenvalue weighted by molar-refractivity contribution is -0.137. The monoisotopic (exact) mass is 451 g/mol. The molecule has 2 atom stereocenters. The van der Waals surface area contributed by atoms with E-state index in [2.05, 4.69) is 10.4 Å². The lowest BCUT2D eigenvalue weighted by Gasteiger charge is -2.25. The average molecular weight is 452 g/mol. The van der Waals surface area contributed by atoms with Crippen LogP contribution in [-0.2, 0) is 4.79 Å². The van der Waals surface area contributed by atoms with Gasteiger partial charge >= 0.3 is 5.97 Å². The molecule has 1 heterocycles. The third-order valence-corrected chi connectivity index (χ3v) is 5.18. The minimum Gasteiger partial charge on any atom is -0.481 e. The Bertz CT molecular complexity index is 1070. The number of amides is 1. The number of carbonyl (C=O) groups is 2. The van der Waals surface area contributed by atoms with Crippen molar-refractivity contribution in [3.05, 3.63) is 78.0 Å². The number of aliphatic carboxylic acids is 1. The summed E-state index contributed by atoms with van der Waals surface area (Å²) in [6.07, 6.45) is -0.997. The number of benzene rings is 2. The fourth-order valence-corrected chi connectivity index (χ4v) is 3.09. The average Bonchev–Trinajstić information content (AvgIpc) is 3.21. The number of hydrogen-bond acceptors (Lipinski definition) is 5. The molecule has 0 aliphatic heterocycles. The van der Waals surface area contributed by atoms with Crippen LogP contribution in [0.25, 0.3) is 5.69 Å². The maximum Gasteiger partial charge on any atom is 0.305 e. The van der Waals surface area contributed by atoms with Gasteiger partial charge in [0.15, 0.2) is 5.69 Å². The number of aliphatic hydroxyl groups excluding tert-OH is 1. The van der Waals surface area contributed by atoms with E-state index in [4.69, 9.17) is 4.74 Å². The molecule has 0 fully saturated rings. The third-order valence-electron chi connectivity index (χ3n) is 5.18. The van der Waals surface area contributed by atoms with Crippen molar-refractivity contribution in [2.45, 2.75) is 39.3 Å². The summed E-state index contributed by atoms with van der Waals surface area (Å²) in [4.78, 5) is 24.4. The number of carbonyl (C=O) groups excluding carboxylic acids is 1. The molecule has 0 spiro atoms. The Balaban J connectivity index is 1.87. The minimum absolute atomic E-state index is 0.0226. The highest BCUT2D eigenvalue weighted by molar-refractivity contribution is 5.93. The van der Waals surface area contributed by atoms with E-state index in [1.54, 1.807) is 24.3 Å². The van der Waals surface area contributed by atoms with E-state index in [0.717, 1.165) is 0 Å². The predicted octanol–water partition coefficient (Wildman–Crippen LogP) is 3.60. The molecule has 1 aromatic heterocycles. The van der Waals surface area contributed by atoms with Crippen molar-refractivity contribution < 1.29 is 24.5 Å². The zero-order chi connectivity index (χ0) is 24.0. The van der Waals surface area contributed by atoms with Crippen molar-refractivity contribution >= 4 is 11.9 Å². The van der Waals surface area contributed by atoms with E-state index >= 15 is 0 Å². The smallest absolute Gasteiger partial charge is 0.305 e. The molecule has 0 bridgehead atoms. The first kappa shape index (κ1) is 24.0. The molecule has 8 nitrogen and oxygen atoms in total. The van der Waals surface area contributed by atoms with Crippen LogP contribution >= 0.6 is 0 Å². The van der Waals surface area contributed by atoms with Gasteiger partial charge in [-0.3, -0.25) is 9.59 Å². The molecular formula is C25H29N3O5. The Hall–Kier alpha value is -3.65. The number of carboxylic acids is 1. The quantitative estimate of drug-likeness (QED) is 0.458. The second kappa shape index (κ2) is 10.3. The number of nitrogens with zero attached hydrogens (tertiary/aromatic N) is 2. The normalized spacial score (nSPS) is 13.2. The minimum atomic E-state index is -1.03. The van der Waals surface area contributed by atoms with Gasteiger partial charge in [0.2, 0.25) is 5.88 Å². The van der Waals surface area contributed by atoms with Crippen LogP contribution < -0.4 is 10.1 Å². The SMILES string of the molecule is CC(C)(C)C(O)COc1cc(C(=O)NC(CC(=O)O)c2ccccc2)nn1-c1ccccc1. The number of rotatable bonds is 9. The second-order valence-corrected chi connectivity index (χ2v) is 8.84. The van der Waals surface area contributed by atoms with Gasteiger partial charge in [0.05, 0.1) is 24.3 Å². The molecule has 2 aromatic carbocycles. The first-order valence-corrected chi connectivity index (χ1v) is 10.7. The lowest BCUT2D eigenvalue weighted by Crippen LogP contribution is -2.32. The number of para-hydroxylation sites is 1. The number of aromatic nitrogens is 2. The van der Waals surface area contributed by atoms with Gasteiger partial charge < -0.3 is 20.3 Å². The number of nitrogens with one attached hydrogen (secondary N) is 1. The third kappa shape index (κ3) is 6.43. The van der Waals surface area contributed by atoms with Gasteiger partial charge in [-0.25, -0.2) is 4.68 Å². The zero-order valence-corrected chi connectivity index (χ0v) is 18.9. The number of aliphatic hydroxyl groups is 1. The van der Waals surface area contributed by atoms with Crippen molar-refractivity contribution in [2.24, 2.45) is 5.41 Å². The van der Waals surface area contributed by atoms with Gasteiger partial charge in [-0.15, -0.1) is 0 Å². The van der Waals surface area contributed by atoms with Crippen LogP contribution in [-0.4, -0.2) is 44.6 Å². The molecule has 2 unspecified atom stereocenters. The number of ether oxygens (including phenoxy) is 1. The number of hydrogen-bond donors (Lipinski definition) is 3. The molecular weight excluding hydrogens is 422 g/mol. The summed E-state index contributed by atoms with van der Waals surface area (Å²) < 4.78 is 7.33. The fourth-order valence-electron chi connectivity index (χ4n) is 3.09. The first-order chi connectivity index (χ1) is 15.6. The van der Waals surface area contributed by atoms with Crippen LogP contribution in [0.15, 0.2) is 66.7 Å². The van der Waals surface area contributed by atoms with Crippen molar-refractivity contribution in [2.75, 3.05) is 6.61 Å². The molecule has 0 saturated heterocycles. The van der Waals surface area contributed by atoms with Crippen LogP contribution in [0.5, 0.6) is 5.88 Å². The summed E-state index contributed by atoms with van der Waals surface area (Å²) in [6.45, 7) is 5.73. The van der Waals surface area contributed by atoms with Crippen molar-refractivity contribution in [3.63, 3.8) is 0 Å². The van der Waals surface area contributed by atoms with Crippen molar-refractivity contribution in [1.29, 1.82) is 0 Å². The maximum atomic E-state index is 13.0. The van der Waals surface area contributed by atoms with Gasteiger partial charge in [-0.05, 0) is 23.1 Å². The van der Waals surface area contributed by atoms with Gasteiger partial charge in [-0.1, -0.05) is 69.3 Å². The standard InChI is InChI=1S/C25H29N3O5/c1-25(2,3)21(29)16-33-22-14-20(27-28(22)18-12-8-5-9-13-18)24(32)26-19(15-23(30)31)17-10-6-4-7-11-17/h4-14,19,21,29H,15-16H2,1-3H3,(H,26,32)(H,30,31). The maximum absolute atomic E-state index is 13.0. The molecule has 0 saturated carbocycles. The molecule has 3 N–H and O–H groups in total. The predicted molar refractivity (Wildman–Crippen MR) is 123 cm³/mol. The Labute approximate surface area is 192 Å². The summed E-state index contributed by atoms with van der Waals surface area (Å²) in [7, 11) is 0. The highest BCUT2D eigenvalue weighted by atomic mass is 16.5. The van der Waals surface area contributed by atoms with E-state index in [9.17, 15) is 19.8 Å². The van der Waals surface area contributed by atoms with Gasteiger partial charge in [0, 0.05) is 6.07 Å². The summed E-state index contributed by atoms with van der Waals surface area (Å²) in [5, 5.41) is 26.8. The van der Waals surface area contributed by atoms with Crippen LogP contribution in [0.1, 0.15) is 49.3 Å². The van der Waals surface area contributed by atoms with E-state index in [1.807, 2.05) is 57.2 Å². The van der Waals surface area contributed by atoms with Crippen molar-refractivity contribution in [1.82, 2.24) is 15.1 Å². The lowest BCUT2D eigenvalue weighted by atomic mass is 9.90. The highest BCUT2D eigenvalue weighted by Gasteiger charge is 2.25. The first-order valence-electron chi connectivity index (χ1n) is 10.7. The van der Waals surface area contributed by atoms with Gasteiger partial charge in [0.1, 0.15) is 6.61 Å². The second-order valence-electron chi connectivity index (χ2n) is 8.84. The van der Waals surface area contributed by atoms with E-state index in [-0.39, 0.29) is 24.1 Å². The molecule has 0 radical (unpaired) electrons. The van der Waals surface area contributed by atoms with E-state index in [0.29, 0.717) is 17.1 Å². The molecule has 33 heavy (non-hydrogen) atoms. The molecule has 0 aliphatic carbocycles. The van der Waals surface area contributed by atoms with Gasteiger partial charge in [-0.2, -0.15) is 5.10 Å². The Morgan fingerprint density at radius 3 is 2.24 bits per heavy atom. The fraction of sp³-hybridized carbons (Fsp3) is 0.320. The molecule has 3 rings (SSSR count). The van der Waals surface area contributed by atoms with Crippen molar-refractivity contribution in [3.8, 4) is 11.6 Å². The number of carboxylic acid groups (broad SMARTS) is 1. The Kier molecular flexibility index (Phi) is 7.50. The molecule has 1 amide bonds. The summed E-state index contributed by atoms with van der Waals surface area (Å²) in [5.74, 6) is -1.26. The zero-order valence-electron chi connectivity index (χ0n) is 18.9. The summed E-state index contributed by atoms with van der Waals surface area (Å²) in [5.41, 5.74) is 1.06. The van der Waals surface area contributed by atoms with Crippen LogP contribution in [0, 0.1) is 5.41 Å². The van der Waals surface area contributed by atoms with Gasteiger partial charge in [0.25, 0.3) is 5.91 Å². The highest BCUT2D eigenvalue weighted by Crippen LogP contribution is 2.24. The topological polar surface area (TPSA) is 114 Å². The van der Waals surface area contributed by atoms with Crippen LogP contribution in [0.4, 0.5) is 0 Å². The molecule has 174 valence electrons. The largest absolute Gasteiger partial charge is 0.481 e.